The number of hydrogen-bond acceptors (Lipinski definition) is 4. The van der Waals surface area contributed by atoms with Crippen molar-refractivity contribution in [1.82, 2.24) is 15.0 Å². The smallest absolute Gasteiger partial charge is 0.255 e. The van der Waals surface area contributed by atoms with Gasteiger partial charge in [0.05, 0.1) is 12.3 Å². The van der Waals surface area contributed by atoms with Crippen LogP contribution in [0.4, 0.5) is 5.69 Å². The lowest BCUT2D eigenvalue weighted by Gasteiger charge is -2.10. The van der Waals surface area contributed by atoms with Gasteiger partial charge < -0.3 is 10.1 Å². The largest absolute Gasteiger partial charge is 0.494 e. The summed E-state index contributed by atoms with van der Waals surface area (Å²) < 4.78 is 5.73. The summed E-state index contributed by atoms with van der Waals surface area (Å²) in [5.74, 6) is 0.520. The number of carbonyl (C=O) groups excluding carboxylic acids is 1. The second-order valence-electron chi connectivity index (χ2n) is 7.85. The van der Waals surface area contributed by atoms with E-state index in [0.29, 0.717) is 23.6 Å². The maximum absolute atomic E-state index is 12.9. The van der Waals surface area contributed by atoms with E-state index in [9.17, 15) is 4.79 Å². The van der Waals surface area contributed by atoms with Crippen molar-refractivity contribution in [3.05, 3.63) is 77.4 Å². The molecule has 32 heavy (non-hydrogen) atoms. The van der Waals surface area contributed by atoms with E-state index in [0.717, 1.165) is 41.5 Å². The van der Waals surface area contributed by atoms with Crippen molar-refractivity contribution in [3.8, 4) is 11.4 Å². The molecule has 0 radical (unpaired) electrons. The Balaban J connectivity index is 1.54. The minimum absolute atomic E-state index is 0.184. The van der Waals surface area contributed by atoms with Gasteiger partial charge in [-0.25, -0.2) is 0 Å². The van der Waals surface area contributed by atoms with E-state index in [2.05, 4.69) is 41.5 Å². The second-order valence-corrected chi connectivity index (χ2v) is 7.85. The van der Waals surface area contributed by atoms with Crippen LogP contribution in [0.15, 0.2) is 60.7 Å². The lowest BCUT2D eigenvalue weighted by molar-refractivity contribution is 0.102. The standard InChI is InChI=1S/C26H28N4O2/c1-4-6-14-32-22-9-7-8-20(16-22)26(31)27-23-17-25-24(15-18(23)3)28-30(29-25)21-12-10-19(5-2)11-13-21/h7-13,15-17H,4-6,14H2,1-3H3,(H,27,31). The fraction of sp³-hybridized carbons (Fsp3) is 0.269. The number of unbranched alkanes of at least 4 members (excludes halogenated alkanes) is 1. The molecule has 0 unspecified atom stereocenters. The number of nitrogens with zero attached hydrogens (tertiary/aromatic N) is 3. The molecule has 0 saturated heterocycles. The number of amides is 1. The highest BCUT2D eigenvalue weighted by Gasteiger charge is 2.13. The number of aromatic nitrogens is 3. The Bertz CT molecular complexity index is 1230. The van der Waals surface area contributed by atoms with Gasteiger partial charge >= 0.3 is 0 Å². The van der Waals surface area contributed by atoms with E-state index in [1.807, 2.05) is 43.3 Å². The van der Waals surface area contributed by atoms with Crippen LogP contribution in [0.2, 0.25) is 0 Å². The van der Waals surface area contributed by atoms with E-state index < -0.39 is 0 Å². The number of nitrogens with one attached hydrogen (secondary N) is 1. The molecule has 0 aliphatic rings. The first kappa shape index (κ1) is 21.6. The average molecular weight is 429 g/mol. The van der Waals surface area contributed by atoms with E-state index in [1.54, 1.807) is 16.9 Å². The fourth-order valence-corrected chi connectivity index (χ4v) is 3.44. The molecule has 1 aromatic heterocycles. The van der Waals surface area contributed by atoms with Crippen molar-refractivity contribution >= 4 is 22.6 Å². The third-order valence-corrected chi connectivity index (χ3v) is 5.41. The maximum atomic E-state index is 12.9. The minimum atomic E-state index is -0.184. The normalized spacial score (nSPS) is 11.0. The maximum Gasteiger partial charge on any atom is 0.255 e. The van der Waals surface area contributed by atoms with Crippen molar-refractivity contribution in [3.63, 3.8) is 0 Å². The Morgan fingerprint density at radius 3 is 2.47 bits per heavy atom. The van der Waals surface area contributed by atoms with Gasteiger partial charge in [-0.05, 0) is 73.4 Å². The van der Waals surface area contributed by atoms with Crippen LogP contribution < -0.4 is 10.1 Å². The summed E-state index contributed by atoms with van der Waals surface area (Å²) >= 11 is 0. The molecule has 0 spiro atoms. The SMILES string of the molecule is CCCCOc1cccc(C(=O)Nc2cc3nn(-c4ccc(CC)cc4)nc3cc2C)c1. The quantitative estimate of drug-likeness (QED) is 0.364. The van der Waals surface area contributed by atoms with E-state index in [-0.39, 0.29) is 5.91 Å². The average Bonchev–Trinajstić information content (AvgIpc) is 3.22. The number of hydrogen-bond donors (Lipinski definition) is 1. The molecule has 6 heteroatoms. The van der Waals surface area contributed by atoms with Crippen molar-refractivity contribution < 1.29 is 9.53 Å². The van der Waals surface area contributed by atoms with Gasteiger partial charge in [0.25, 0.3) is 5.91 Å². The molecule has 0 atom stereocenters. The fourth-order valence-electron chi connectivity index (χ4n) is 3.44. The first-order chi connectivity index (χ1) is 15.6. The van der Waals surface area contributed by atoms with E-state index in [1.165, 1.54) is 5.56 Å². The first-order valence-corrected chi connectivity index (χ1v) is 11.1. The number of ether oxygens (including phenoxy) is 1. The molecule has 4 aromatic rings. The zero-order valence-corrected chi connectivity index (χ0v) is 18.8. The highest BCUT2D eigenvalue weighted by molar-refractivity contribution is 6.05. The predicted octanol–water partition coefficient (Wildman–Crippen LogP) is 5.72. The highest BCUT2D eigenvalue weighted by Crippen LogP contribution is 2.23. The van der Waals surface area contributed by atoms with Crippen molar-refractivity contribution in [2.24, 2.45) is 0 Å². The van der Waals surface area contributed by atoms with Gasteiger partial charge in [0.2, 0.25) is 0 Å². The zero-order valence-electron chi connectivity index (χ0n) is 18.8. The van der Waals surface area contributed by atoms with Crippen LogP contribution >= 0.6 is 0 Å². The molecule has 0 saturated carbocycles. The van der Waals surface area contributed by atoms with Gasteiger partial charge in [-0.15, -0.1) is 10.2 Å². The lowest BCUT2D eigenvalue weighted by atomic mass is 10.1. The molecule has 6 nitrogen and oxygen atoms in total. The van der Waals surface area contributed by atoms with Crippen LogP contribution in [0.5, 0.6) is 5.75 Å². The summed E-state index contributed by atoms with van der Waals surface area (Å²) in [4.78, 5) is 14.5. The molecular formula is C26H28N4O2. The molecule has 164 valence electrons. The minimum Gasteiger partial charge on any atom is -0.494 e. The molecule has 4 rings (SSSR count). The van der Waals surface area contributed by atoms with Crippen LogP contribution in [-0.4, -0.2) is 27.5 Å². The topological polar surface area (TPSA) is 69.0 Å². The van der Waals surface area contributed by atoms with Gasteiger partial charge in [0.15, 0.2) is 0 Å². The molecule has 0 bridgehead atoms. The molecule has 0 aliphatic carbocycles. The molecule has 1 N–H and O–H groups in total. The Kier molecular flexibility index (Phi) is 6.50. The third kappa shape index (κ3) is 4.80. The number of fused-ring (bicyclic) bond motifs is 1. The van der Waals surface area contributed by atoms with Crippen molar-refractivity contribution in [2.75, 3.05) is 11.9 Å². The molecule has 1 heterocycles. The van der Waals surface area contributed by atoms with Crippen LogP contribution in [0.1, 0.15) is 48.2 Å². The summed E-state index contributed by atoms with van der Waals surface area (Å²) in [6.07, 6.45) is 3.04. The summed E-state index contributed by atoms with van der Waals surface area (Å²) in [6.45, 7) is 6.85. The Hall–Kier alpha value is -3.67. The number of rotatable bonds is 8. The molecule has 3 aromatic carbocycles. The van der Waals surface area contributed by atoms with Crippen LogP contribution in [0.3, 0.4) is 0 Å². The summed E-state index contributed by atoms with van der Waals surface area (Å²) in [6, 6.07) is 19.3. The Labute approximate surface area is 188 Å². The number of aryl methyl sites for hydroxylation is 2. The summed E-state index contributed by atoms with van der Waals surface area (Å²) in [7, 11) is 0. The molecular weight excluding hydrogens is 400 g/mol. The number of anilines is 1. The van der Waals surface area contributed by atoms with Crippen molar-refractivity contribution in [2.45, 2.75) is 40.0 Å². The van der Waals surface area contributed by atoms with Gasteiger partial charge in [0, 0.05) is 11.3 Å². The van der Waals surface area contributed by atoms with Crippen molar-refractivity contribution in [1.29, 1.82) is 0 Å². The van der Waals surface area contributed by atoms with Crippen LogP contribution in [0.25, 0.3) is 16.7 Å². The Morgan fingerprint density at radius 2 is 1.75 bits per heavy atom. The zero-order chi connectivity index (χ0) is 22.5. The van der Waals surface area contributed by atoms with Gasteiger partial charge in [-0.3, -0.25) is 4.79 Å². The Morgan fingerprint density at radius 1 is 1.00 bits per heavy atom. The predicted molar refractivity (Wildman–Crippen MR) is 128 cm³/mol. The van der Waals surface area contributed by atoms with Gasteiger partial charge in [-0.2, -0.15) is 4.80 Å². The summed E-state index contributed by atoms with van der Waals surface area (Å²) in [5.41, 5.74) is 5.88. The van der Waals surface area contributed by atoms with E-state index in [4.69, 9.17) is 4.74 Å². The first-order valence-electron chi connectivity index (χ1n) is 11.1. The second kappa shape index (κ2) is 9.64. The number of carbonyl (C=O) groups is 1. The monoisotopic (exact) mass is 428 g/mol. The summed E-state index contributed by atoms with van der Waals surface area (Å²) in [5, 5.41) is 12.2. The van der Waals surface area contributed by atoms with Crippen LogP contribution in [0, 0.1) is 6.92 Å². The van der Waals surface area contributed by atoms with E-state index >= 15 is 0 Å². The molecule has 0 fully saturated rings. The lowest BCUT2D eigenvalue weighted by Crippen LogP contribution is -2.13. The molecule has 1 amide bonds. The number of benzene rings is 3. The van der Waals surface area contributed by atoms with Gasteiger partial charge in [0.1, 0.15) is 16.8 Å². The van der Waals surface area contributed by atoms with Gasteiger partial charge in [-0.1, -0.05) is 38.5 Å². The third-order valence-electron chi connectivity index (χ3n) is 5.41. The highest BCUT2D eigenvalue weighted by atomic mass is 16.5. The molecule has 0 aliphatic heterocycles. The van der Waals surface area contributed by atoms with Crippen LogP contribution in [-0.2, 0) is 6.42 Å².